The molecule has 2 aliphatic rings. The summed E-state index contributed by atoms with van der Waals surface area (Å²) in [6, 6.07) is 6.05. The molecule has 2 aliphatic heterocycles. The third-order valence-electron chi connectivity index (χ3n) is 3.47. The Morgan fingerprint density at radius 2 is 2.28 bits per heavy atom. The van der Waals surface area contributed by atoms with Gasteiger partial charge in [-0.15, -0.1) is 0 Å². The molecule has 1 unspecified atom stereocenters. The maximum absolute atomic E-state index is 12.0. The van der Waals surface area contributed by atoms with E-state index < -0.39 is 0 Å². The van der Waals surface area contributed by atoms with Crippen LogP contribution in [0.3, 0.4) is 0 Å². The van der Waals surface area contributed by atoms with Gasteiger partial charge in [0.1, 0.15) is 11.1 Å². The molecule has 1 aromatic carbocycles. The Hall–Kier alpha value is -1.36. The number of urea groups is 1. The van der Waals surface area contributed by atoms with Crippen molar-refractivity contribution in [2.45, 2.75) is 36.2 Å². The van der Waals surface area contributed by atoms with Crippen molar-refractivity contribution in [3.05, 3.63) is 23.8 Å². The van der Waals surface area contributed by atoms with Crippen molar-refractivity contribution in [1.29, 1.82) is 0 Å². The van der Waals surface area contributed by atoms with Crippen molar-refractivity contribution >= 4 is 17.8 Å². The number of benzene rings is 1. The topological polar surface area (TPSA) is 41.6 Å². The smallest absolute Gasteiger partial charge is 0.319 e. The number of carbonyl (C=O) groups excluding carboxylic acids is 1. The van der Waals surface area contributed by atoms with E-state index in [1.807, 2.05) is 17.0 Å². The van der Waals surface area contributed by atoms with Crippen LogP contribution in [0.25, 0.3) is 0 Å². The first kappa shape index (κ1) is 11.7. The van der Waals surface area contributed by atoms with Crippen LogP contribution in [-0.4, -0.2) is 29.0 Å². The predicted molar refractivity (Wildman–Crippen MR) is 70.8 cm³/mol. The quantitative estimate of drug-likeness (QED) is 0.847. The van der Waals surface area contributed by atoms with E-state index in [0.717, 1.165) is 11.3 Å². The van der Waals surface area contributed by atoms with E-state index in [1.54, 1.807) is 18.9 Å². The molecule has 1 aromatic rings. The summed E-state index contributed by atoms with van der Waals surface area (Å²) in [5.74, 6) is 0.857. The highest BCUT2D eigenvalue weighted by Crippen LogP contribution is 2.45. The van der Waals surface area contributed by atoms with Crippen LogP contribution < -0.4 is 10.1 Å². The van der Waals surface area contributed by atoms with Gasteiger partial charge >= 0.3 is 6.03 Å². The van der Waals surface area contributed by atoms with Crippen molar-refractivity contribution in [1.82, 2.24) is 10.2 Å². The van der Waals surface area contributed by atoms with Gasteiger partial charge in [0, 0.05) is 10.5 Å². The molecule has 96 valence electrons. The molecular weight excluding hydrogens is 248 g/mol. The number of hydrogen-bond acceptors (Lipinski definition) is 3. The van der Waals surface area contributed by atoms with Crippen LogP contribution >= 0.6 is 11.8 Å². The van der Waals surface area contributed by atoms with Crippen molar-refractivity contribution in [2.75, 3.05) is 7.11 Å². The third-order valence-corrected chi connectivity index (χ3v) is 5.17. The van der Waals surface area contributed by atoms with Crippen LogP contribution in [0.15, 0.2) is 23.1 Å². The maximum Gasteiger partial charge on any atom is 0.319 e. The highest BCUT2D eigenvalue weighted by molar-refractivity contribution is 8.00. The van der Waals surface area contributed by atoms with E-state index >= 15 is 0 Å². The van der Waals surface area contributed by atoms with Gasteiger partial charge in [0.2, 0.25) is 0 Å². The number of nitrogens with zero attached hydrogens (tertiary/aromatic N) is 1. The highest BCUT2D eigenvalue weighted by atomic mass is 32.2. The second kappa shape index (κ2) is 3.82. The minimum absolute atomic E-state index is 0.00839. The molecule has 0 aromatic heterocycles. The second-order valence-corrected chi connectivity index (χ2v) is 6.31. The summed E-state index contributed by atoms with van der Waals surface area (Å²) in [4.78, 5) is 15.1. The molecule has 4 nitrogen and oxygen atoms in total. The largest absolute Gasteiger partial charge is 0.496 e. The Kier molecular flexibility index (Phi) is 2.48. The molecule has 2 amide bonds. The lowest BCUT2D eigenvalue weighted by Gasteiger charge is -2.35. The van der Waals surface area contributed by atoms with Gasteiger partial charge in [0.25, 0.3) is 0 Å². The predicted octanol–water partition coefficient (Wildman–Crippen LogP) is 2.43. The van der Waals surface area contributed by atoms with Crippen molar-refractivity contribution in [3.63, 3.8) is 0 Å². The first-order valence-corrected chi connectivity index (χ1v) is 6.82. The normalized spacial score (nSPS) is 24.3. The molecule has 5 heteroatoms. The number of thioether (sulfide) groups is 1. The van der Waals surface area contributed by atoms with Gasteiger partial charge in [0.15, 0.2) is 0 Å². The number of rotatable bonds is 1. The molecule has 1 atom stereocenters. The molecule has 1 N–H and O–H groups in total. The van der Waals surface area contributed by atoms with Gasteiger partial charge in [0.05, 0.1) is 19.2 Å². The van der Waals surface area contributed by atoms with Crippen molar-refractivity contribution in [2.24, 2.45) is 0 Å². The van der Waals surface area contributed by atoms with E-state index in [9.17, 15) is 4.79 Å². The summed E-state index contributed by atoms with van der Waals surface area (Å²) in [5.41, 5.74) is 0.900. The summed E-state index contributed by atoms with van der Waals surface area (Å²) in [6.07, 6.45) is 0. The zero-order chi connectivity index (χ0) is 12.9. The van der Waals surface area contributed by atoms with Crippen LogP contribution in [-0.2, 0) is 6.54 Å². The molecule has 1 fully saturated rings. The summed E-state index contributed by atoms with van der Waals surface area (Å²) in [6.45, 7) is 4.74. The highest BCUT2D eigenvalue weighted by Gasteiger charge is 2.48. The average molecular weight is 264 g/mol. The first-order valence-electron chi connectivity index (χ1n) is 5.94. The molecule has 0 aliphatic carbocycles. The van der Waals surface area contributed by atoms with Crippen LogP contribution in [0.2, 0.25) is 0 Å². The van der Waals surface area contributed by atoms with Crippen LogP contribution in [0, 0.1) is 0 Å². The first-order chi connectivity index (χ1) is 8.53. The van der Waals surface area contributed by atoms with Gasteiger partial charge in [-0.2, -0.15) is 0 Å². The van der Waals surface area contributed by atoms with E-state index in [0.29, 0.717) is 6.54 Å². The van der Waals surface area contributed by atoms with E-state index in [2.05, 4.69) is 25.2 Å². The molecule has 18 heavy (non-hydrogen) atoms. The molecule has 2 heterocycles. The number of hydrogen-bond donors (Lipinski definition) is 1. The SMILES string of the molecule is COc1cccc2c1CN1C(=O)NC(C)(C)C1S2. The lowest BCUT2D eigenvalue weighted by molar-refractivity contribution is 0.209. The number of carbonyl (C=O) groups is 1. The summed E-state index contributed by atoms with van der Waals surface area (Å²) in [7, 11) is 1.67. The van der Waals surface area contributed by atoms with E-state index in [1.165, 1.54) is 4.90 Å². The number of methoxy groups -OCH3 is 1. The van der Waals surface area contributed by atoms with Crippen LogP contribution in [0.5, 0.6) is 5.75 Å². The minimum atomic E-state index is -0.206. The molecule has 1 saturated heterocycles. The Morgan fingerprint density at radius 3 is 3.00 bits per heavy atom. The van der Waals surface area contributed by atoms with E-state index in [-0.39, 0.29) is 16.9 Å². The minimum Gasteiger partial charge on any atom is -0.496 e. The van der Waals surface area contributed by atoms with Gasteiger partial charge in [-0.3, -0.25) is 0 Å². The molecule has 3 rings (SSSR count). The molecule has 0 radical (unpaired) electrons. The standard InChI is InChI=1S/C13H16N2O2S/c1-13(2)11-15(12(16)14-13)7-8-9(17-3)5-4-6-10(8)18-11/h4-6,11H,7H2,1-3H3,(H,14,16). The summed E-state index contributed by atoms with van der Waals surface area (Å²) in [5, 5.41) is 3.18. The van der Waals surface area contributed by atoms with Crippen molar-refractivity contribution < 1.29 is 9.53 Å². The fourth-order valence-corrected chi connectivity index (χ4v) is 3.92. The molecule has 0 spiro atoms. The lowest BCUT2D eigenvalue weighted by atomic mass is 10.1. The number of amides is 2. The second-order valence-electron chi connectivity index (χ2n) is 5.19. The van der Waals surface area contributed by atoms with Crippen LogP contribution in [0.4, 0.5) is 4.79 Å². The van der Waals surface area contributed by atoms with Gasteiger partial charge in [-0.25, -0.2) is 4.79 Å². The van der Waals surface area contributed by atoms with Gasteiger partial charge < -0.3 is 15.0 Å². The Morgan fingerprint density at radius 1 is 1.50 bits per heavy atom. The number of ether oxygens (including phenoxy) is 1. The van der Waals surface area contributed by atoms with E-state index in [4.69, 9.17) is 4.74 Å². The zero-order valence-corrected chi connectivity index (χ0v) is 11.5. The van der Waals surface area contributed by atoms with Gasteiger partial charge in [-0.1, -0.05) is 17.8 Å². The average Bonchev–Trinajstić information content (AvgIpc) is 2.57. The molecular formula is C13H16N2O2S. The zero-order valence-electron chi connectivity index (χ0n) is 10.7. The fraction of sp³-hybridized carbons (Fsp3) is 0.462. The maximum atomic E-state index is 12.0. The Bertz CT molecular complexity index is 516. The summed E-state index contributed by atoms with van der Waals surface area (Å²) < 4.78 is 5.38. The van der Waals surface area contributed by atoms with Gasteiger partial charge in [-0.05, 0) is 26.0 Å². The van der Waals surface area contributed by atoms with Crippen molar-refractivity contribution in [3.8, 4) is 5.75 Å². The monoisotopic (exact) mass is 264 g/mol. The molecule has 0 bridgehead atoms. The lowest BCUT2D eigenvalue weighted by Crippen LogP contribution is -2.43. The number of nitrogens with one attached hydrogen (secondary N) is 1. The Labute approximate surface area is 111 Å². The molecule has 0 saturated carbocycles. The third kappa shape index (κ3) is 1.57. The van der Waals surface area contributed by atoms with Crippen LogP contribution in [0.1, 0.15) is 19.4 Å². The summed E-state index contributed by atoms with van der Waals surface area (Å²) >= 11 is 1.73. The number of fused-ring (bicyclic) bond motifs is 2. The Balaban J connectivity index is 2.04. The fourth-order valence-electron chi connectivity index (χ4n) is 2.56.